The van der Waals surface area contributed by atoms with E-state index >= 15 is 0 Å². The van der Waals surface area contributed by atoms with Crippen LogP contribution < -0.4 is 4.31 Å². The molecule has 1 aromatic rings. The van der Waals surface area contributed by atoms with Crippen molar-refractivity contribution >= 4 is 18.5 Å². The molecule has 0 bridgehead atoms. The van der Waals surface area contributed by atoms with Gasteiger partial charge in [0.15, 0.2) is 0 Å². The number of para-hydroxylation sites is 1. The summed E-state index contributed by atoms with van der Waals surface area (Å²) in [5.41, 5.74) is 1.23. The predicted molar refractivity (Wildman–Crippen MR) is 91.1 cm³/mol. The highest BCUT2D eigenvalue weighted by Crippen LogP contribution is 2.10. The third-order valence-electron chi connectivity index (χ3n) is 3.85. The molecule has 114 valence electrons. The molecule has 0 fully saturated rings. The van der Waals surface area contributed by atoms with E-state index in [0.29, 0.717) is 0 Å². The van der Waals surface area contributed by atoms with Crippen LogP contribution in [0.25, 0.3) is 0 Å². The fourth-order valence-electron chi connectivity index (χ4n) is 2.54. The Hall–Kier alpha value is -0.470. The van der Waals surface area contributed by atoms with Gasteiger partial charge in [0.2, 0.25) is 0 Å². The SMILES string of the molecule is CCCCCCCCCCCC[NH+]([S-])c1ccccc1. The van der Waals surface area contributed by atoms with Gasteiger partial charge in [-0.15, -0.1) is 0 Å². The molecule has 0 saturated heterocycles. The molecule has 1 nitrogen and oxygen atoms in total. The molecule has 1 unspecified atom stereocenters. The molecule has 1 rings (SSSR count). The topological polar surface area (TPSA) is 4.44 Å². The Labute approximate surface area is 131 Å². The molecule has 0 aliphatic rings. The molecule has 0 aliphatic carbocycles. The summed E-state index contributed by atoms with van der Waals surface area (Å²) in [5.74, 6) is 0. The van der Waals surface area contributed by atoms with E-state index in [4.69, 9.17) is 12.8 Å². The van der Waals surface area contributed by atoms with Gasteiger partial charge in [0.1, 0.15) is 5.69 Å². The molecule has 1 N–H and O–H groups in total. The van der Waals surface area contributed by atoms with Gasteiger partial charge in [-0.05, 0) is 25.0 Å². The van der Waals surface area contributed by atoms with Crippen molar-refractivity contribution in [2.24, 2.45) is 0 Å². The van der Waals surface area contributed by atoms with E-state index in [0.717, 1.165) is 10.8 Å². The van der Waals surface area contributed by atoms with Crippen molar-refractivity contribution in [3.63, 3.8) is 0 Å². The van der Waals surface area contributed by atoms with Gasteiger partial charge in [-0.25, -0.2) is 0 Å². The van der Waals surface area contributed by atoms with E-state index in [9.17, 15) is 0 Å². The average molecular weight is 294 g/mol. The summed E-state index contributed by atoms with van der Waals surface area (Å²) in [5, 5.41) is 0. The van der Waals surface area contributed by atoms with Crippen molar-refractivity contribution in [2.75, 3.05) is 6.54 Å². The van der Waals surface area contributed by atoms with Crippen LogP contribution in [0.15, 0.2) is 30.3 Å². The summed E-state index contributed by atoms with van der Waals surface area (Å²) in [6, 6.07) is 10.4. The van der Waals surface area contributed by atoms with Crippen molar-refractivity contribution in [3.05, 3.63) is 30.3 Å². The highest BCUT2D eigenvalue weighted by molar-refractivity contribution is 7.51. The smallest absolute Gasteiger partial charge is 0.113 e. The second-order valence-corrected chi connectivity index (χ2v) is 6.21. The van der Waals surface area contributed by atoms with Gasteiger partial charge in [0, 0.05) is 0 Å². The van der Waals surface area contributed by atoms with Crippen molar-refractivity contribution in [2.45, 2.75) is 71.1 Å². The lowest BCUT2D eigenvalue weighted by molar-refractivity contribution is -0.676. The summed E-state index contributed by atoms with van der Waals surface area (Å²) in [6.07, 6.45) is 13.9. The first-order valence-electron chi connectivity index (χ1n) is 8.43. The third kappa shape index (κ3) is 8.65. The first kappa shape index (κ1) is 17.6. The molecule has 1 atom stereocenters. The standard InChI is InChI=1S/C18H31NS/c1-2-3-4-5-6-7-8-9-10-14-17-19(20)18-15-12-11-13-16-18/h11-13,15-16,19H,2-10,14,17H2,1H3. The fourth-order valence-corrected chi connectivity index (χ4v) is 2.82. The highest BCUT2D eigenvalue weighted by Gasteiger charge is 1.99. The van der Waals surface area contributed by atoms with Crippen LogP contribution in [0.1, 0.15) is 71.1 Å². The lowest BCUT2D eigenvalue weighted by Crippen LogP contribution is -3.02. The quantitative estimate of drug-likeness (QED) is 0.436. The lowest BCUT2D eigenvalue weighted by atomic mass is 10.1. The first-order valence-corrected chi connectivity index (χ1v) is 8.83. The number of quaternary nitrogens is 1. The summed E-state index contributed by atoms with van der Waals surface area (Å²) in [6.45, 7) is 3.36. The van der Waals surface area contributed by atoms with Crippen LogP contribution in [-0.2, 0) is 12.8 Å². The first-order chi connectivity index (χ1) is 9.84. The zero-order valence-corrected chi connectivity index (χ0v) is 13.9. The molecule has 2 heteroatoms. The Morgan fingerprint density at radius 2 is 1.25 bits per heavy atom. The van der Waals surface area contributed by atoms with Gasteiger partial charge in [-0.3, -0.25) is 0 Å². The number of hydrogen-bond acceptors (Lipinski definition) is 1. The van der Waals surface area contributed by atoms with E-state index in [-0.39, 0.29) is 0 Å². The maximum absolute atomic E-state index is 5.48. The van der Waals surface area contributed by atoms with E-state index in [1.54, 1.807) is 0 Å². The summed E-state index contributed by atoms with van der Waals surface area (Å²) in [4.78, 5) is 0. The maximum Gasteiger partial charge on any atom is 0.113 e. The molecule has 0 heterocycles. The summed E-state index contributed by atoms with van der Waals surface area (Å²) >= 11 is 5.48. The number of nitrogens with one attached hydrogen (secondary N) is 1. The van der Waals surface area contributed by atoms with Crippen LogP contribution in [0.2, 0.25) is 0 Å². The lowest BCUT2D eigenvalue weighted by Gasteiger charge is -2.22. The van der Waals surface area contributed by atoms with Crippen LogP contribution in [0, 0.1) is 0 Å². The second kappa shape index (κ2) is 12.3. The second-order valence-electron chi connectivity index (χ2n) is 5.72. The number of benzene rings is 1. The van der Waals surface area contributed by atoms with Gasteiger partial charge in [-0.2, -0.15) is 0 Å². The third-order valence-corrected chi connectivity index (χ3v) is 4.29. The Kier molecular flexibility index (Phi) is 10.8. The number of hydrogen-bond donors (Lipinski definition) is 1. The molecular formula is C18H31NS. The fraction of sp³-hybridized carbons (Fsp3) is 0.667. The Balaban J connectivity index is 1.90. The minimum Gasteiger partial charge on any atom is -0.490 e. The molecule has 0 radical (unpaired) electrons. The number of unbranched alkanes of at least 4 members (excludes halogenated alkanes) is 9. The van der Waals surface area contributed by atoms with Gasteiger partial charge in [0.25, 0.3) is 0 Å². The molecule has 0 saturated carbocycles. The van der Waals surface area contributed by atoms with Crippen molar-refractivity contribution in [1.29, 1.82) is 0 Å². The normalized spacial score (nSPS) is 12.5. The zero-order chi connectivity index (χ0) is 14.5. The van der Waals surface area contributed by atoms with Crippen LogP contribution in [-0.4, -0.2) is 6.54 Å². The van der Waals surface area contributed by atoms with Crippen molar-refractivity contribution in [3.8, 4) is 0 Å². The van der Waals surface area contributed by atoms with Crippen LogP contribution in [0.5, 0.6) is 0 Å². The molecule has 0 spiro atoms. The molecular weight excluding hydrogens is 262 g/mol. The van der Waals surface area contributed by atoms with Gasteiger partial charge >= 0.3 is 0 Å². The zero-order valence-electron chi connectivity index (χ0n) is 13.1. The van der Waals surface area contributed by atoms with Crippen LogP contribution >= 0.6 is 0 Å². The van der Waals surface area contributed by atoms with Gasteiger partial charge in [-0.1, -0.05) is 76.5 Å². The monoisotopic (exact) mass is 293 g/mol. The van der Waals surface area contributed by atoms with E-state index in [1.165, 1.54) is 69.9 Å². The minimum absolute atomic E-state index is 1.08. The molecule has 0 aliphatic heterocycles. The Bertz CT molecular complexity index is 312. The summed E-state index contributed by atoms with van der Waals surface area (Å²) in [7, 11) is 0. The van der Waals surface area contributed by atoms with Crippen LogP contribution in [0.3, 0.4) is 0 Å². The van der Waals surface area contributed by atoms with Gasteiger partial charge in [0.05, 0.1) is 6.54 Å². The summed E-state index contributed by atoms with van der Waals surface area (Å²) < 4.78 is 1.13. The Morgan fingerprint density at radius 3 is 1.80 bits per heavy atom. The Morgan fingerprint density at radius 1 is 0.750 bits per heavy atom. The predicted octanol–water partition coefficient (Wildman–Crippen LogP) is 4.59. The largest absolute Gasteiger partial charge is 0.490 e. The van der Waals surface area contributed by atoms with Crippen molar-refractivity contribution in [1.82, 2.24) is 0 Å². The van der Waals surface area contributed by atoms with E-state index in [2.05, 4.69) is 31.2 Å². The van der Waals surface area contributed by atoms with E-state index in [1.807, 2.05) is 6.07 Å². The molecule has 0 amide bonds. The number of rotatable bonds is 12. The minimum atomic E-state index is 1.08. The molecule has 0 aromatic heterocycles. The molecule has 20 heavy (non-hydrogen) atoms. The highest BCUT2D eigenvalue weighted by atomic mass is 32.1. The average Bonchev–Trinajstić information content (AvgIpc) is 2.50. The van der Waals surface area contributed by atoms with Gasteiger partial charge < -0.3 is 17.1 Å². The van der Waals surface area contributed by atoms with Crippen LogP contribution in [0.4, 0.5) is 5.69 Å². The van der Waals surface area contributed by atoms with E-state index < -0.39 is 0 Å². The van der Waals surface area contributed by atoms with Crippen molar-refractivity contribution < 1.29 is 4.31 Å². The maximum atomic E-state index is 5.48. The molecule has 1 aromatic carbocycles.